The minimum atomic E-state index is -0.420. The number of imide groups is 1. The van der Waals surface area contributed by atoms with Gasteiger partial charge in [-0.05, 0) is 19.1 Å². The Hall–Kier alpha value is -2.61. The van der Waals surface area contributed by atoms with E-state index in [1.165, 1.54) is 12.0 Å². The molecule has 0 aliphatic carbocycles. The Kier molecular flexibility index (Phi) is 5.41. The van der Waals surface area contributed by atoms with E-state index < -0.39 is 6.04 Å². The van der Waals surface area contributed by atoms with E-state index in [9.17, 15) is 14.4 Å². The molecule has 1 aromatic carbocycles. The average Bonchev–Trinajstić information content (AvgIpc) is 2.96. The molecule has 8 heteroatoms. The number of methoxy groups -OCH3 is 1. The molecule has 26 heavy (non-hydrogen) atoms. The lowest BCUT2D eigenvalue weighted by Gasteiger charge is -2.33. The van der Waals surface area contributed by atoms with Crippen molar-refractivity contribution in [2.75, 3.05) is 44.8 Å². The van der Waals surface area contributed by atoms with Crippen molar-refractivity contribution in [2.24, 2.45) is 0 Å². The Balaban J connectivity index is 1.69. The van der Waals surface area contributed by atoms with Crippen LogP contribution in [0.15, 0.2) is 24.3 Å². The molecule has 140 valence electrons. The predicted molar refractivity (Wildman–Crippen MR) is 93.2 cm³/mol. The van der Waals surface area contributed by atoms with Gasteiger partial charge in [-0.3, -0.25) is 14.5 Å². The molecule has 3 amide bonds. The van der Waals surface area contributed by atoms with Crippen LogP contribution in [0.5, 0.6) is 5.75 Å². The van der Waals surface area contributed by atoms with Crippen molar-refractivity contribution in [3.63, 3.8) is 0 Å². The number of nitrogens with one attached hydrogen (secondary N) is 1. The highest BCUT2D eigenvalue weighted by Gasteiger charge is 2.47. The van der Waals surface area contributed by atoms with Gasteiger partial charge in [0.25, 0.3) is 5.91 Å². The normalized spacial score (nSPS) is 21.2. The third kappa shape index (κ3) is 3.37. The summed E-state index contributed by atoms with van der Waals surface area (Å²) in [6.07, 6.45) is -0.151. The van der Waals surface area contributed by atoms with E-state index in [0.29, 0.717) is 44.2 Å². The molecule has 1 aromatic rings. The Morgan fingerprint density at radius 1 is 1.23 bits per heavy atom. The summed E-state index contributed by atoms with van der Waals surface area (Å²) >= 11 is 0. The van der Waals surface area contributed by atoms with Crippen molar-refractivity contribution in [1.82, 2.24) is 4.90 Å². The van der Waals surface area contributed by atoms with Gasteiger partial charge in [0, 0.05) is 0 Å². The van der Waals surface area contributed by atoms with E-state index in [1.54, 1.807) is 36.1 Å². The van der Waals surface area contributed by atoms with Crippen molar-refractivity contribution < 1.29 is 28.8 Å². The van der Waals surface area contributed by atoms with Gasteiger partial charge in [0.15, 0.2) is 6.04 Å². The lowest BCUT2D eigenvalue weighted by molar-refractivity contribution is -0.918. The number of carbonyl (C=O) groups excluding carboxylic acids is 3. The third-order valence-corrected chi connectivity index (χ3v) is 4.90. The zero-order valence-corrected chi connectivity index (χ0v) is 15.1. The number of hydrogen-bond donors (Lipinski definition) is 1. The summed E-state index contributed by atoms with van der Waals surface area (Å²) in [5, 5.41) is 0. The molecule has 0 aromatic heterocycles. The number of benzene rings is 1. The van der Waals surface area contributed by atoms with E-state index in [0.717, 1.165) is 4.90 Å². The monoisotopic (exact) mass is 362 g/mol. The molecular weight excluding hydrogens is 338 g/mol. The number of para-hydroxylation sites is 2. The SMILES string of the molecule is CCOC(=O)N1CC[NH+]([C@H]2CC(=O)N(c3ccccc3OC)C2=O)CC1. The molecule has 3 rings (SSSR count). The number of anilines is 1. The Morgan fingerprint density at radius 3 is 2.58 bits per heavy atom. The summed E-state index contributed by atoms with van der Waals surface area (Å²) in [4.78, 5) is 41.1. The van der Waals surface area contributed by atoms with E-state index in [-0.39, 0.29) is 24.3 Å². The zero-order chi connectivity index (χ0) is 18.7. The van der Waals surface area contributed by atoms with Gasteiger partial charge >= 0.3 is 6.09 Å². The molecule has 1 N–H and O–H groups in total. The van der Waals surface area contributed by atoms with Crippen LogP contribution in [0.3, 0.4) is 0 Å². The molecule has 2 aliphatic heterocycles. The summed E-state index contributed by atoms with van der Waals surface area (Å²) in [5.74, 6) is 0.0703. The standard InChI is InChI=1S/C18H23N3O5/c1-3-26-18(24)20-10-8-19(9-11-20)14-12-16(22)21(17(14)23)13-6-4-5-7-15(13)25-2/h4-7,14H,3,8-12H2,1-2H3/p+1/t14-/m0/s1. The number of piperazine rings is 1. The number of nitrogens with zero attached hydrogens (tertiary/aromatic N) is 2. The van der Waals surface area contributed by atoms with Crippen molar-refractivity contribution in [1.29, 1.82) is 0 Å². The van der Waals surface area contributed by atoms with Crippen LogP contribution in [0.4, 0.5) is 10.5 Å². The fraction of sp³-hybridized carbons (Fsp3) is 0.500. The molecule has 2 saturated heterocycles. The minimum absolute atomic E-state index is 0.172. The Labute approximate surface area is 152 Å². The first-order valence-corrected chi connectivity index (χ1v) is 8.83. The van der Waals surface area contributed by atoms with Gasteiger partial charge in [-0.15, -0.1) is 0 Å². The van der Waals surface area contributed by atoms with Gasteiger partial charge in [-0.1, -0.05) is 12.1 Å². The number of rotatable bonds is 4. The molecule has 1 atom stereocenters. The molecule has 0 radical (unpaired) electrons. The van der Waals surface area contributed by atoms with E-state index >= 15 is 0 Å². The van der Waals surface area contributed by atoms with Gasteiger partial charge < -0.3 is 14.4 Å². The maximum atomic E-state index is 12.9. The lowest BCUT2D eigenvalue weighted by Crippen LogP contribution is -3.19. The fourth-order valence-corrected chi connectivity index (χ4v) is 3.56. The molecule has 2 aliphatic rings. The minimum Gasteiger partial charge on any atom is -0.495 e. The second-order valence-electron chi connectivity index (χ2n) is 6.34. The second-order valence-corrected chi connectivity index (χ2v) is 6.34. The maximum Gasteiger partial charge on any atom is 0.410 e. The van der Waals surface area contributed by atoms with Gasteiger partial charge in [0.1, 0.15) is 5.75 Å². The highest BCUT2D eigenvalue weighted by Crippen LogP contribution is 2.31. The Morgan fingerprint density at radius 2 is 1.92 bits per heavy atom. The summed E-state index contributed by atoms with van der Waals surface area (Å²) in [6.45, 7) is 4.37. The summed E-state index contributed by atoms with van der Waals surface area (Å²) in [6, 6.07) is 6.59. The molecule has 8 nitrogen and oxygen atoms in total. The van der Waals surface area contributed by atoms with E-state index in [2.05, 4.69) is 0 Å². The molecule has 0 saturated carbocycles. The third-order valence-electron chi connectivity index (χ3n) is 4.90. The van der Waals surface area contributed by atoms with Crippen LogP contribution in [0.2, 0.25) is 0 Å². The molecule has 0 unspecified atom stereocenters. The average molecular weight is 362 g/mol. The first-order chi connectivity index (χ1) is 12.6. The van der Waals surface area contributed by atoms with Crippen molar-refractivity contribution in [2.45, 2.75) is 19.4 Å². The van der Waals surface area contributed by atoms with Crippen LogP contribution < -0.4 is 14.5 Å². The zero-order valence-electron chi connectivity index (χ0n) is 15.1. The van der Waals surface area contributed by atoms with E-state index in [1.807, 2.05) is 0 Å². The number of carbonyl (C=O) groups is 3. The highest BCUT2D eigenvalue weighted by molar-refractivity contribution is 6.22. The van der Waals surface area contributed by atoms with Gasteiger partial charge in [-0.25, -0.2) is 9.69 Å². The smallest absolute Gasteiger partial charge is 0.410 e. The fourth-order valence-electron chi connectivity index (χ4n) is 3.56. The van der Waals surface area contributed by atoms with Crippen LogP contribution in [0.25, 0.3) is 0 Å². The van der Waals surface area contributed by atoms with Crippen LogP contribution in [-0.2, 0) is 14.3 Å². The summed E-state index contributed by atoms with van der Waals surface area (Å²) in [5.41, 5.74) is 0.483. The van der Waals surface area contributed by atoms with Crippen LogP contribution in [0, 0.1) is 0 Å². The van der Waals surface area contributed by atoms with Crippen LogP contribution >= 0.6 is 0 Å². The number of ether oxygens (including phenoxy) is 2. The molecule has 0 bridgehead atoms. The molecule has 2 fully saturated rings. The number of quaternary nitrogens is 1. The second kappa shape index (κ2) is 7.74. The van der Waals surface area contributed by atoms with Crippen LogP contribution in [0.1, 0.15) is 13.3 Å². The van der Waals surface area contributed by atoms with Crippen molar-refractivity contribution in [3.05, 3.63) is 24.3 Å². The molecular formula is C18H24N3O5+. The first-order valence-electron chi connectivity index (χ1n) is 8.83. The predicted octanol–water partition coefficient (Wildman–Crippen LogP) is -0.316. The highest BCUT2D eigenvalue weighted by atomic mass is 16.6. The van der Waals surface area contributed by atoms with E-state index in [4.69, 9.17) is 9.47 Å². The topological polar surface area (TPSA) is 80.6 Å². The number of hydrogen-bond acceptors (Lipinski definition) is 5. The summed E-state index contributed by atoms with van der Waals surface area (Å²) < 4.78 is 10.3. The van der Waals surface area contributed by atoms with Gasteiger partial charge in [0.05, 0.1) is 52.0 Å². The van der Waals surface area contributed by atoms with Crippen molar-refractivity contribution in [3.8, 4) is 5.75 Å². The quantitative estimate of drug-likeness (QED) is 0.743. The van der Waals surface area contributed by atoms with Crippen molar-refractivity contribution >= 4 is 23.6 Å². The van der Waals surface area contributed by atoms with Gasteiger partial charge in [0.2, 0.25) is 5.91 Å². The summed E-state index contributed by atoms with van der Waals surface area (Å²) in [7, 11) is 1.52. The maximum absolute atomic E-state index is 12.9. The molecule has 2 heterocycles. The molecule has 0 spiro atoms. The first kappa shape index (κ1) is 18.2. The lowest BCUT2D eigenvalue weighted by atomic mass is 10.2. The van der Waals surface area contributed by atoms with Crippen LogP contribution in [-0.4, -0.2) is 68.7 Å². The number of amides is 3. The largest absolute Gasteiger partial charge is 0.495 e. The Bertz CT molecular complexity index is 700. The van der Waals surface area contributed by atoms with Gasteiger partial charge in [-0.2, -0.15) is 0 Å².